The highest BCUT2D eigenvalue weighted by Gasteiger charge is 2.30. The van der Waals surface area contributed by atoms with Gasteiger partial charge in [-0.25, -0.2) is 4.79 Å². The lowest BCUT2D eigenvalue weighted by molar-refractivity contribution is -0.144. The molecule has 34 heavy (non-hydrogen) atoms. The molecular formula is C25H31N3O5S. The molecule has 8 nitrogen and oxygen atoms in total. The van der Waals surface area contributed by atoms with Crippen molar-refractivity contribution in [2.45, 2.75) is 38.1 Å². The van der Waals surface area contributed by atoms with Crippen molar-refractivity contribution >= 4 is 35.5 Å². The van der Waals surface area contributed by atoms with Crippen LogP contribution in [0.1, 0.15) is 25.8 Å². The van der Waals surface area contributed by atoms with Gasteiger partial charge in [0.2, 0.25) is 11.8 Å². The van der Waals surface area contributed by atoms with Crippen LogP contribution >= 0.6 is 11.8 Å². The minimum Gasteiger partial charge on any atom is -0.467 e. The van der Waals surface area contributed by atoms with Gasteiger partial charge in [-0.3, -0.25) is 14.4 Å². The number of ether oxygens (including phenoxy) is 1. The largest absolute Gasteiger partial charge is 0.467 e. The number of amides is 3. The van der Waals surface area contributed by atoms with Gasteiger partial charge in [0.05, 0.1) is 19.2 Å². The Kier molecular flexibility index (Phi) is 11.2. The van der Waals surface area contributed by atoms with Crippen molar-refractivity contribution in [2.24, 2.45) is 5.92 Å². The topological polar surface area (TPSA) is 114 Å². The average Bonchev–Trinajstić information content (AvgIpc) is 3.40. The fraction of sp³-hybridized carbons (Fsp3) is 0.400. The summed E-state index contributed by atoms with van der Waals surface area (Å²) in [5.41, 5.74) is 4.19. The third kappa shape index (κ3) is 8.57. The molecule has 1 aliphatic rings. The number of nitrogens with one attached hydrogen (secondary N) is 3. The van der Waals surface area contributed by atoms with Crippen molar-refractivity contribution in [3.63, 3.8) is 0 Å². The highest BCUT2D eigenvalue weighted by atomic mass is 32.2. The van der Waals surface area contributed by atoms with E-state index in [2.05, 4.69) is 21.7 Å². The Bertz CT molecular complexity index is 970. The van der Waals surface area contributed by atoms with E-state index in [0.717, 1.165) is 5.56 Å². The second-order valence-electron chi connectivity index (χ2n) is 7.78. The van der Waals surface area contributed by atoms with Crippen LogP contribution < -0.4 is 16.0 Å². The Morgan fingerprint density at radius 1 is 1.12 bits per heavy atom. The first-order valence-corrected chi connectivity index (χ1v) is 12.2. The number of hydrogen-bond donors (Lipinski definition) is 3. The summed E-state index contributed by atoms with van der Waals surface area (Å²) < 4.78 is 4.86. The molecule has 0 saturated heterocycles. The molecule has 0 spiro atoms. The molecule has 0 aromatic heterocycles. The molecule has 0 unspecified atom stereocenters. The molecule has 1 aliphatic carbocycles. The van der Waals surface area contributed by atoms with E-state index in [0.29, 0.717) is 23.5 Å². The van der Waals surface area contributed by atoms with Crippen LogP contribution in [0.4, 0.5) is 0 Å². The smallest absolute Gasteiger partial charge is 0.329 e. The molecule has 3 amide bonds. The minimum absolute atomic E-state index is 0.196. The molecule has 0 bridgehead atoms. The van der Waals surface area contributed by atoms with Crippen molar-refractivity contribution in [2.75, 3.05) is 19.4 Å². The van der Waals surface area contributed by atoms with Crippen LogP contribution in [-0.2, 0) is 29.7 Å². The molecule has 0 aliphatic heterocycles. The Morgan fingerprint density at radius 2 is 1.85 bits per heavy atom. The van der Waals surface area contributed by atoms with E-state index in [1.807, 2.05) is 44.2 Å². The molecule has 0 radical (unpaired) electrons. The van der Waals surface area contributed by atoms with E-state index in [-0.39, 0.29) is 12.5 Å². The van der Waals surface area contributed by atoms with Crippen molar-refractivity contribution in [3.05, 3.63) is 65.4 Å². The lowest BCUT2D eigenvalue weighted by atomic mass is 9.98. The molecule has 0 saturated carbocycles. The maximum atomic E-state index is 13.0. The van der Waals surface area contributed by atoms with Crippen LogP contribution in [0.15, 0.2) is 59.9 Å². The highest BCUT2D eigenvalue weighted by Crippen LogP contribution is 2.14. The molecule has 3 N–H and O–H groups in total. The van der Waals surface area contributed by atoms with E-state index in [1.54, 1.807) is 18.2 Å². The maximum absolute atomic E-state index is 13.0. The predicted molar refractivity (Wildman–Crippen MR) is 132 cm³/mol. The monoisotopic (exact) mass is 485 g/mol. The van der Waals surface area contributed by atoms with Gasteiger partial charge in [0.15, 0.2) is 0 Å². The van der Waals surface area contributed by atoms with Gasteiger partial charge in [-0.1, -0.05) is 56.7 Å². The zero-order valence-electron chi connectivity index (χ0n) is 19.6. The van der Waals surface area contributed by atoms with Crippen molar-refractivity contribution in [1.29, 1.82) is 0 Å². The summed E-state index contributed by atoms with van der Waals surface area (Å²) in [6, 6.07) is 8.06. The van der Waals surface area contributed by atoms with E-state index in [9.17, 15) is 19.2 Å². The first-order chi connectivity index (χ1) is 16.3. The Balaban J connectivity index is 1.95. The summed E-state index contributed by atoms with van der Waals surface area (Å²) in [6.45, 7) is 3.45. The Labute approximate surface area is 204 Å². The number of benzene rings is 1. The molecule has 1 aromatic rings. The third-order valence-electron chi connectivity index (χ3n) is 5.26. The van der Waals surface area contributed by atoms with Crippen LogP contribution in [0.3, 0.4) is 0 Å². The Hall–Kier alpha value is -3.29. The number of hydrogen-bond acceptors (Lipinski definition) is 6. The maximum Gasteiger partial charge on any atom is 0.329 e. The number of allylic oxidation sites excluding steroid dienone is 1. The second kappa shape index (κ2) is 14.1. The summed E-state index contributed by atoms with van der Waals surface area (Å²) in [5.74, 6) is -1.16. The molecule has 0 fully saturated rings. The summed E-state index contributed by atoms with van der Waals surface area (Å²) in [5, 5.41) is 7.90. The van der Waals surface area contributed by atoms with E-state index in [1.165, 1.54) is 18.9 Å². The standard InChI is InChI=1S/C25H31N3O5S/c1-4-17(2)22(28-21(29)14-26-23(30)19-12-8-9-13-19)24(31)27-20(25(32)33-3)16-34-15-18-10-6-5-7-11-18/h5-12,17,20,22H,4,14-16H2,1-3H3,(H,26,30)(H,27,31)(H,28,29)/t17-,20-,22-/m0/s1. The van der Waals surface area contributed by atoms with Crippen LogP contribution in [-0.4, -0.2) is 55.2 Å². The van der Waals surface area contributed by atoms with Gasteiger partial charge in [0.25, 0.3) is 5.91 Å². The lowest BCUT2D eigenvalue weighted by Gasteiger charge is -2.26. The summed E-state index contributed by atoms with van der Waals surface area (Å²) >= 11 is 1.50. The van der Waals surface area contributed by atoms with Crippen LogP contribution in [0.25, 0.3) is 0 Å². The second-order valence-corrected chi connectivity index (χ2v) is 8.81. The first-order valence-electron chi connectivity index (χ1n) is 11.1. The molecule has 1 aromatic carbocycles. The fourth-order valence-corrected chi connectivity index (χ4v) is 4.10. The molecule has 182 valence electrons. The van der Waals surface area contributed by atoms with E-state index >= 15 is 0 Å². The van der Waals surface area contributed by atoms with Gasteiger partial charge >= 0.3 is 5.97 Å². The summed E-state index contributed by atoms with van der Waals surface area (Å²) in [4.78, 5) is 49.8. The molecule has 3 atom stereocenters. The van der Waals surface area contributed by atoms with Crippen molar-refractivity contribution in [1.82, 2.24) is 16.0 Å². The summed E-state index contributed by atoms with van der Waals surface area (Å²) in [6.07, 6.45) is 5.49. The number of rotatable bonds is 13. The van der Waals surface area contributed by atoms with Gasteiger partial charge in [0, 0.05) is 11.5 Å². The van der Waals surface area contributed by atoms with E-state index in [4.69, 9.17) is 4.74 Å². The Morgan fingerprint density at radius 3 is 2.47 bits per heavy atom. The van der Waals surface area contributed by atoms with Crippen LogP contribution in [0, 0.1) is 5.92 Å². The number of carbonyl (C=O) groups excluding carboxylic acids is 4. The van der Waals surface area contributed by atoms with Gasteiger partial charge in [0.1, 0.15) is 12.1 Å². The quantitative estimate of drug-likeness (QED) is 0.290. The fourth-order valence-electron chi connectivity index (χ4n) is 3.10. The number of esters is 1. The van der Waals surface area contributed by atoms with Crippen molar-refractivity contribution < 1.29 is 23.9 Å². The van der Waals surface area contributed by atoms with Crippen molar-refractivity contribution in [3.8, 4) is 0 Å². The lowest BCUT2D eigenvalue weighted by Crippen LogP contribution is -2.56. The normalized spacial score (nSPS) is 14.5. The SMILES string of the molecule is CC[C@H](C)[C@H](NC(=O)CNC(=O)C1=C=CC=C1)C(=O)N[C@@H](CSCc1ccccc1)C(=O)OC. The summed E-state index contributed by atoms with van der Waals surface area (Å²) in [7, 11) is 1.27. The molecule has 0 heterocycles. The third-order valence-corrected chi connectivity index (χ3v) is 6.37. The van der Waals surface area contributed by atoms with Crippen LogP contribution in [0.2, 0.25) is 0 Å². The minimum atomic E-state index is -0.869. The average molecular weight is 486 g/mol. The number of thioether (sulfide) groups is 1. The highest BCUT2D eigenvalue weighted by molar-refractivity contribution is 7.98. The molecule has 2 rings (SSSR count). The van der Waals surface area contributed by atoms with E-state index < -0.39 is 35.8 Å². The van der Waals surface area contributed by atoms with Gasteiger partial charge < -0.3 is 20.7 Å². The van der Waals surface area contributed by atoms with Crippen LogP contribution in [0.5, 0.6) is 0 Å². The molecular weight excluding hydrogens is 454 g/mol. The number of carbonyl (C=O) groups is 4. The van der Waals surface area contributed by atoms with Gasteiger partial charge in [-0.2, -0.15) is 11.8 Å². The zero-order valence-corrected chi connectivity index (χ0v) is 20.4. The first kappa shape index (κ1) is 27.0. The van der Waals surface area contributed by atoms with Gasteiger partial charge in [-0.15, -0.1) is 5.73 Å². The number of methoxy groups -OCH3 is 1. The predicted octanol–water partition coefficient (Wildman–Crippen LogP) is 1.88. The van der Waals surface area contributed by atoms with Gasteiger partial charge in [-0.05, 0) is 23.6 Å². The molecule has 9 heteroatoms. The zero-order chi connectivity index (χ0) is 24.9.